The highest BCUT2D eigenvalue weighted by Crippen LogP contribution is 2.49. The van der Waals surface area contributed by atoms with Gasteiger partial charge in [0.15, 0.2) is 0 Å². The van der Waals surface area contributed by atoms with E-state index in [1.807, 2.05) is 12.1 Å². The summed E-state index contributed by atoms with van der Waals surface area (Å²) in [5, 5.41) is 13.7. The lowest BCUT2D eigenvalue weighted by Gasteiger charge is -2.16. The van der Waals surface area contributed by atoms with Gasteiger partial charge in [-0.25, -0.2) is 14.6 Å². The number of phenols is 1. The Balaban J connectivity index is 2.25. The maximum absolute atomic E-state index is 10.8. The quantitative estimate of drug-likeness (QED) is 0.377. The SMILES string of the molecule is COOCC1(c2ccc(O)c(/C(C)=N/OC(C)=O)c2)CC1. The Hall–Kier alpha value is -1.92. The van der Waals surface area contributed by atoms with E-state index in [-0.39, 0.29) is 11.2 Å². The van der Waals surface area contributed by atoms with Gasteiger partial charge in [-0.2, -0.15) is 0 Å². The molecule has 0 radical (unpaired) electrons. The molecule has 0 bridgehead atoms. The number of nitrogens with zero attached hydrogens (tertiary/aromatic N) is 1. The Morgan fingerprint density at radius 3 is 2.67 bits per heavy atom. The van der Waals surface area contributed by atoms with E-state index in [9.17, 15) is 9.90 Å². The summed E-state index contributed by atoms with van der Waals surface area (Å²) in [6, 6.07) is 5.33. The van der Waals surface area contributed by atoms with Gasteiger partial charge in [0.1, 0.15) is 5.75 Å². The Morgan fingerprint density at radius 2 is 2.10 bits per heavy atom. The van der Waals surface area contributed by atoms with Crippen LogP contribution in [0.5, 0.6) is 5.75 Å². The Morgan fingerprint density at radius 1 is 1.38 bits per heavy atom. The third kappa shape index (κ3) is 3.59. The normalized spacial score (nSPS) is 16.6. The van der Waals surface area contributed by atoms with Gasteiger partial charge < -0.3 is 9.94 Å². The zero-order valence-corrected chi connectivity index (χ0v) is 12.4. The van der Waals surface area contributed by atoms with Crippen molar-refractivity contribution < 1.29 is 24.5 Å². The predicted molar refractivity (Wildman–Crippen MR) is 76.0 cm³/mol. The standard InChI is InChI=1S/C15H19NO5/c1-10(16-21-11(2)17)13-8-12(4-5-14(13)18)15(6-7-15)9-20-19-3/h4-5,8,18H,6-7,9H2,1-3H3/b16-10+. The van der Waals surface area contributed by atoms with Crippen molar-refractivity contribution in [1.82, 2.24) is 0 Å². The van der Waals surface area contributed by atoms with Crippen LogP contribution >= 0.6 is 0 Å². The fraction of sp³-hybridized carbons (Fsp3) is 0.467. The first-order valence-electron chi connectivity index (χ1n) is 6.70. The van der Waals surface area contributed by atoms with E-state index in [4.69, 9.17) is 4.89 Å². The summed E-state index contributed by atoms with van der Waals surface area (Å²) in [6.45, 7) is 3.41. The molecule has 0 spiro atoms. The van der Waals surface area contributed by atoms with Gasteiger partial charge >= 0.3 is 5.97 Å². The topological polar surface area (TPSA) is 77.3 Å². The van der Waals surface area contributed by atoms with Crippen molar-refractivity contribution >= 4 is 11.7 Å². The fourth-order valence-electron chi connectivity index (χ4n) is 2.18. The molecule has 1 fully saturated rings. The number of aromatic hydroxyl groups is 1. The lowest BCUT2D eigenvalue weighted by Crippen LogP contribution is -2.15. The smallest absolute Gasteiger partial charge is 0.331 e. The van der Waals surface area contributed by atoms with E-state index in [1.165, 1.54) is 14.0 Å². The Labute approximate surface area is 123 Å². The van der Waals surface area contributed by atoms with Crippen LogP contribution in [-0.2, 0) is 24.8 Å². The lowest BCUT2D eigenvalue weighted by atomic mass is 9.94. The molecule has 1 aliphatic carbocycles. The molecule has 6 heteroatoms. The maximum atomic E-state index is 10.8. The van der Waals surface area contributed by atoms with Crippen LogP contribution in [-0.4, -0.2) is 30.5 Å². The molecule has 0 aliphatic heterocycles. The zero-order chi connectivity index (χ0) is 15.5. The molecule has 1 aromatic carbocycles. The average Bonchev–Trinajstić information content (AvgIpc) is 3.24. The number of carbonyl (C=O) groups is 1. The van der Waals surface area contributed by atoms with Crippen LogP contribution in [0.2, 0.25) is 0 Å². The predicted octanol–water partition coefficient (Wildman–Crippen LogP) is 2.29. The minimum Gasteiger partial charge on any atom is -0.507 e. The molecule has 1 saturated carbocycles. The van der Waals surface area contributed by atoms with Crippen LogP contribution in [0, 0.1) is 0 Å². The largest absolute Gasteiger partial charge is 0.507 e. The van der Waals surface area contributed by atoms with Crippen molar-refractivity contribution in [3.63, 3.8) is 0 Å². The van der Waals surface area contributed by atoms with E-state index in [0.29, 0.717) is 17.9 Å². The monoisotopic (exact) mass is 293 g/mol. The van der Waals surface area contributed by atoms with Gasteiger partial charge in [0.05, 0.1) is 19.4 Å². The zero-order valence-electron chi connectivity index (χ0n) is 12.4. The van der Waals surface area contributed by atoms with Gasteiger partial charge in [-0.15, -0.1) is 0 Å². The van der Waals surface area contributed by atoms with Crippen molar-refractivity contribution in [2.75, 3.05) is 13.7 Å². The van der Waals surface area contributed by atoms with Crippen molar-refractivity contribution in [2.45, 2.75) is 32.1 Å². The summed E-state index contributed by atoms with van der Waals surface area (Å²) < 4.78 is 0. The van der Waals surface area contributed by atoms with Crippen molar-refractivity contribution in [3.05, 3.63) is 29.3 Å². The second-order valence-electron chi connectivity index (χ2n) is 5.20. The maximum Gasteiger partial charge on any atom is 0.331 e. The van der Waals surface area contributed by atoms with Gasteiger partial charge in [-0.05, 0) is 37.5 Å². The molecule has 6 nitrogen and oxygen atoms in total. The van der Waals surface area contributed by atoms with Gasteiger partial charge in [0, 0.05) is 17.9 Å². The van der Waals surface area contributed by atoms with Crippen LogP contribution in [0.15, 0.2) is 23.4 Å². The third-order valence-corrected chi connectivity index (χ3v) is 3.62. The summed E-state index contributed by atoms with van der Waals surface area (Å²) in [5.41, 5.74) is 1.95. The minimum absolute atomic E-state index is 0.0693. The number of benzene rings is 1. The minimum atomic E-state index is -0.503. The summed E-state index contributed by atoms with van der Waals surface area (Å²) in [4.78, 5) is 25.1. The van der Waals surface area contributed by atoms with Crippen molar-refractivity contribution in [2.24, 2.45) is 5.16 Å². The third-order valence-electron chi connectivity index (χ3n) is 3.62. The molecule has 21 heavy (non-hydrogen) atoms. The average molecular weight is 293 g/mol. The second-order valence-corrected chi connectivity index (χ2v) is 5.20. The van der Waals surface area contributed by atoms with Gasteiger partial charge in [-0.1, -0.05) is 11.2 Å². The number of rotatable bonds is 6. The molecule has 0 unspecified atom stereocenters. The highest BCUT2D eigenvalue weighted by Gasteiger charge is 2.45. The highest BCUT2D eigenvalue weighted by atomic mass is 17.2. The summed E-state index contributed by atoms with van der Waals surface area (Å²) in [6.07, 6.45) is 2.00. The Bertz CT molecular complexity index is 563. The van der Waals surface area contributed by atoms with Crippen LogP contribution in [0.4, 0.5) is 0 Å². The Kier molecular flexibility index (Phi) is 4.59. The van der Waals surface area contributed by atoms with E-state index in [1.54, 1.807) is 13.0 Å². The fourth-order valence-corrected chi connectivity index (χ4v) is 2.18. The van der Waals surface area contributed by atoms with Crippen molar-refractivity contribution in [1.29, 1.82) is 0 Å². The van der Waals surface area contributed by atoms with Crippen LogP contribution in [0.3, 0.4) is 0 Å². The first-order chi connectivity index (χ1) is 9.98. The molecule has 0 aromatic heterocycles. The number of hydrogen-bond acceptors (Lipinski definition) is 6. The highest BCUT2D eigenvalue weighted by molar-refractivity contribution is 6.01. The molecule has 1 N–H and O–H groups in total. The lowest BCUT2D eigenvalue weighted by molar-refractivity contribution is -0.277. The summed E-state index contributed by atoms with van der Waals surface area (Å²) in [5.74, 6) is -0.409. The first kappa shape index (κ1) is 15.5. The number of hydrogen-bond donors (Lipinski definition) is 1. The van der Waals surface area contributed by atoms with E-state index < -0.39 is 5.97 Å². The van der Waals surface area contributed by atoms with E-state index >= 15 is 0 Å². The molecule has 0 amide bonds. The molecule has 1 aliphatic rings. The molecule has 2 rings (SSSR count). The molecule has 114 valence electrons. The van der Waals surface area contributed by atoms with Crippen LogP contribution in [0.1, 0.15) is 37.8 Å². The molecule has 1 aromatic rings. The van der Waals surface area contributed by atoms with Crippen LogP contribution < -0.4 is 0 Å². The summed E-state index contributed by atoms with van der Waals surface area (Å²) in [7, 11) is 1.48. The van der Waals surface area contributed by atoms with Gasteiger partial charge in [0.2, 0.25) is 0 Å². The number of oxime groups is 1. The van der Waals surface area contributed by atoms with E-state index in [0.717, 1.165) is 18.4 Å². The van der Waals surface area contributed by atoms with Gasteiger partial charge in [0.25, 0.3) is 0 Å². The van der Waals surface area contributed by atoms with Crippen molar-refractivity contribution in [3.8, 4) is 5.75 Å². The molecule has 0 saturated heterocycles. The van der Waals surface area contributed by atoms with Crippen LogP contribution in [0.25, 0.3) is 0 Å². The molecule has 0 heterocycles. The van der Waals surface area contributed by atoms with Gasteiger partial charge in [-0.3, -0.25) is 0 Å². The number of phenolic OH excluding ortho intramolecular Hbond substituents is 1. The van der Waals surface area contributed by atoms with E-state index in [2.05, 4.69) is 14.9 Å². The molecular formula is C15H19NO5. The second kappa shape index (κ2) is 6.24. The summed E-state index contributed by atoms with van der Waals surface area (Å²) >= 11 is 0. The number of carbonyl (C=O) groups excluding carboxylic acids is 1. The molecular weight excluding hydrogens is 274 g/mol. The molecule has 0 atom stereocenters. The first-order valence-corrected chi connectivity index (χ1v) is 6.70.